The summed E-state index contributed by atoms with van der Waals surface area (Å²) in [6, 6.07) is 0.959. The molecule has 0 aromatic rings. The van der Waals surface area contributed by atoms with Gasteiger partial charge >= 0.3 is 0 Å². The first-order valence-corrected chi connectivity index (χ1v) is 4.64. The predicted molar refractivity (Wildman–Crippen MR) is 40.8 cm³/mol. The lowest BCUT2D eigenvalue weighted by Crippen LogP contribution is -2.66. The highest BCUT2D eigenvalue weighted by atomic mass is 15.1. The van der Waals surface area contributed by atoms with Gasteiger partial charge in [-0.3, -0.25) is 0 Å². The minimum Gasteiger partial charge on any atom is -0.312 e. The summed E-state index contributed by atoms with van der Waals surface area (Å²) in [7, 11) is 0. The van der Waals surface area contributed by atoms with Gasteiger partial charge < -0.3 is 5.32 Å². The van der Waals surface area contributed by atoms with Crippen LogP contribution in [0.15, 0.2) is 0 Å². The van der Waals surface area contributed by atoms with E-state index in [1.165, 1.54) is 38.6 Å². The Hall–Kier alpha value is -0.0400. The molecular weight excluding hydrogens is 122 g/mol. The number of hydrogen-bond acceptors (Lipinski definition) is 1. The molecule has 2 saturated carbocycles. The van der Waals surface area contributed by atoms with E-state index in [0.29, 0.717) is 0 Å². The van der Waals surface area contributed by atoms with E-state index < -0.39 is 0 Å². The SMILES string of the molecule is C1CC2(C1)CN[C@H]2C1CC1. The third-order valence-electron chi connectivity index (χ3n) is 3.78. The quantitative estimate of drug-likeness (QED) is 0.578. The molecule has 56 valence electrons. The molecule has 1 atom stereocenters. The van der Waals surface area contributed by atoms with Gasteiger partial charge in [0.15, 0.2) is 0 Å². The molecule has 0 radical (unpaired) electrons. The van der Waals surface area contributed by atoms with Crippen LogP contribution in [0.5, 0.6) is 0 Å². The van der Waals surface area contributed by atoms with Crippen LogP contribution in [0.3, 0.4) is 0 Å². The van der Waals surface area contributed by atoms with Crippen LogP contribution in [-0.4, -0.2) is 12.6 Å². The average Bonchev–Trinajstić information content (AvgIpc) is 2.41. The summed E-state index contributed by atoms with van der Waals surface area (Å²) in [6.45, 7) is 1.34. The molecule has 1 saturated heterocycles. The van der Waals surface area contributed by atoms with Crippen molar-refractivity contribution >= 4 is 0 Å². The molecule has 3 aliphatic rings. The Labute approximate surface area is 62.2 Å². The van der Waals surface area contributed by atoms with E-state index in [0.717, 1.165) is 17.4 Å². The zero-order chi connectivity index (χ0) is 6.60. The molecule has 10 heavy (non-hydrogen) atoms. The second-order valence-corrected chi connectivity index (χ2v) is 4.41. The van der Waals surface area contributed by atoms with Gasteiger partial charge in [-0.15, -0.1) is 0 Å². The molecule has 3 fully saturated rings. The lowest BCUT2D eigenvalue weighted by atomic mass is 9.58. The summed E-state index contributed by atoms with van der Waals surface area (Å²) in [4.78, 5) is 0. The van der Waals surface area contributed by atoms with E-state index in [1.807, 2.05) is 0 Å². The minimum atomic E-state index is 0.834. The Morgan fingerprint density at radius 2 is 2.00 bits per heavy atom. The van der Waals surface area contributed by atoms with Gasteiger partial charge in [-0.2, -0.15) is 0 Å². The normalized spacial score (nSPS) is 42.6. The number of rotatable bonds is 1. The van der Waals surface area contributed by atoms with Crippen LogP contribution in [0.2, 0.25) is 0 Å². The second kappa shape index (κ2) is 1.58. The molecular formula is C9H15N. The van der Waals surface area contributed by atoms with Gasteiger partial charge in [-0.1, -0.05) is 6.42 Å². The molecule has 0 bridgehead atoms. The summed E-state index contributed by atoms with van der Waals surface area (Å²) < 4.78 is 0. The van der Waals surface area contributed by atoms with Gasteiger partial charge in [0.25, 0.3) is 0 Å². The van der Waals surface area contributed by atoms with E-state index in [1.54, 1.807) is 0 Å². The van der Waals surface area contributed by atoms with Crippen LogP contribution in [0.25, 0.3) is 0 Å². The van der Waals surface area contributed by atoms with Gasteiger partial charge in [-0.05, 0) is 37.0 Å². The molecule has 0 unspecified atom stereocenters. The summed E-state index contributed by atoms with van der Waals surface area (Å²) in [5.74, 6) is 1.09. The highest BCUT2D eigenvalue weighted by Crippen LogP contribution is 2.55. The minimum absolute atomic E-state index is 0.834. The molecule has 3 rings (SSSR count). The second-order valence-electron chi connectivity index (χ2n) is 4.41. The van der Waals surface area contributed by atoms with Gasteiger partial charge in [0.1, 0.15) is 0 Å². The van der Waals surface area contributed by atoms with Gasteiger partial charge in [-0.25, -0.2) is 0 Å². The predicted octanol–water partition coefficient (Wildman–Crippen LogP) is 1.54. The molecule has 1 heteroatoms. The summed E-state index contributed by atoms with van der Waals surface area (Å²) >= 11 is 0. The fraction of sp³-hybridized carbons (Fsp3) is 1.00. The maximum absolute atomic E-state index is 3.60. The average molecular weight is 137 g/mol. The van der Waals surface area contributed by atoms with Crippen molar-refractivity contribution in [3.8, 4) is 0 Å². The van der Waals surface area contributed by atoms with Crippen LogP contribution in [0.4, 0.5) is 0 Å². The Kier molecular flexibility index (Phi) is 0.883. The summed E-state index contributed by atoms with van der Waals surface area (Å²) in [5.41, 5.74) is 0.834. The third kappa shape index (κ3) is 0.531. The third-order valence-corrected chi connectivity index (χ3v) is 3.78. The van der Waals surface area contributed by atoms with Crippen molar-refractivity contribution in [2.24, 2.45) is 11.3 Å². The van der Waals surface area contributed by atoms with Crippen LogP contribution in [0.1, 0.15) is 32.1 Å². The monoisotopic (exact) mass is 137 g/mol. The zero-order valence-electron chi connectivity index (χ0n) is 6.40. The van der Waals surface area contributed by atoms with Crippen molar-refractivity contribution in [3.05, 3.63) is 0 Å². The summed E-state index contributed by atoms with van der Waals surface area (Å²) in [5, 5.41) is 3.60. The molecule has 2 aliphatic carbocycles. The van der Waals surface area contributed by atoms with Crippen molar-refractivity contribution in [2.45, 2.75) is 38.1 Å². The standard InChI is InChI=1S/C9H15N/c1-4-9(5-1)6-10-8(9)7-2-3-7/h7-8,10H,1-6H2/t8-/m0/s1. The first kappa shape index (κ1) is 5.59. The maximum Gasteiger partial charge on any atom is 0.0164 e. The van der Waals surface area contributed by atoms with E-state index in [-0.39, 0.29) is 0 Å². The largest absolute Gasteiger partial charge is 0.312 e. The Morgan fingerprint density at radius 3 is 2.30 bits per heavy atom. The highest BCUT2D eigenvalue weighted by Gasteiger charge is 2.55. The first-order chi connectivity index (χ1) is 4.91. The topological polar surface area (TPSA) is 12.0 Å². The number of nitrogens with one attached hydrogen (secondary N) is 1. The molecule has 1 nitrogen and oxygen atoms in total. The van der Waals surface area contributed by atoms with Crippen molar-refractivity contribution in [1.29, 1.82) is 0 Å². The molecule has 1 aliphatic heterocycles. The first-order valence-electron chi connectivity index (χ1n) is 4.64. The fourth-order valence-electron chi connectivity index (χ4n) is 2.72. The lowest BCUT2D eigenvalue weighted by molar-refractivity contribution is -0.0153. The van der Waals surface area contributed by atoms with Crippen LogP contribution in [-0.2, 0) is 0 Å². The van der Waals surface area contributed by atoms with Crippen molar-refractivity contribution in [1.82, 2.24) is 5.32 Å². The molecule has 1 heterocycles. The van der Waals surface area contributed by atoms with Gasteiger partial charge in [0.05, 0.1) is 0 Å². The molecule has 0 amide bonds. The van der Waals surface area contributed by atoms with Crippen LogP contribution in [0, 0.1) is 11.3 Å². The molecule has 1 spiro atoms. The van der Waals surface area contributed by atoms with Crippen LogP contribution >= 0.6 is 0 Å². The van der Waals surface area contributed by atoms with E-state index in [4.69, 9.17) is 0 Å². The van der Waals surface area contributed by atoms with Crippen molar-refractivity contribution < 1.29 is 0 Å². The Balaban J connectivity index is 1.74. The van der Waals surface area contributed by atoms with Gasteiger partial charge in [0, 0.05) is 12.6 Å². The number of hydrogen-bond donors (Lipinski definition) is 1. The Bertz CT molecular complexity index is 151. The lowest BCUT2D eigenvalue weighted by Gasteiger charge is -2.57. The highest BCUT2D eigenvalue weighted by molar-refractivity contribution is 5.11. The summed E-state index contributed by atoms with van der Waals surface area (Å²) in [6.07, 6.45) is 7.59. The molecule has 0 aromatic heterocycles. The van der Waals surface area contributed by atoms with Gasteiger partial charge in [0.2, 0.25) is 0 Å². The van der Waals surface area contributed by atoms with E-state index in [9.17, 15) is 0 Å². The molecule has 1 N–H and O–H groups in total. The zero-order valence-corrected chi connectivity index (χ0v) is 6.40. The van der Waals surface area contributed by atoms with E-state index >= 15 is 0 Å². The van der Waals surface area contributed by atoms with E-state index in [2.05, 4.69) is 5.32 Å². The fourth-order valence-corrected chi connectivity index (χ4v) is 2.72. The molecule has 0 aromatic carbocycles. The maximum atomic E-state index is 3.60. The van der Waals surface area contributed by atoms with Crippen molar-refractivity contribution in [3.63, 3.8) is 0 Å². The Morgan fingerprint density at radius 1 is 1.20 bits per heavy atom. The van der Waals surface area contributed by atoms with Crippen molar-refractivity contribution in [2.75, 3.05) is 6.54 Å². The smallest absolute Gasteiger partial charge is 0.0164 e. The van der Waals surface area contributed by atoms with Crippen LogP contribution < -0.4 is 5.32 Å².